The van der Waals surface area contributed by atoms with Gasteiger partial charge in [-0.05, 0) is 42.8 Å². The number of ether oxygens (including phenoxy) is 3. The zero-order valence-corrected chi connectivity index (χ0v) is 19.5. The number of primary amides is 1. The lowest BCUT2D eigenvalue weighted by Crippen LogP contribution is -2.15. The number of fused-ring (bicyclic) bond motifs is 2. The molecule has 0 unspecified atom stereocenters. The Morgan fingerprint density at radius 3 is 2.63 bits per heavy atom. The molecule has 1 aliphatic heterocycles. The first-order chi connectivity index (χ1) is 16.9. The molecule has 3 N–H and O–H groups in total. The number of aromatic nitrogens is 1. The number of carbonyl (C=O) groups is 3. The molecule has 0 atom stereocenters. The third-order valence-electron chi connectivity index (χ3n) is 5.62. The molecule has 5 rings (SSSR count). The summed E-state index contributed by atoms with van der Waals surface area (Å²) in [5.74, 6) is -0.617. The van der Waals surface area contributed by atoms with E-state index in [0.717, 1.165) is 16.9 Å². The lowest BCUT2D eigenvalue weighted by Gasteiger charge is -2.11. The van der Waals surface area contributed by atoms with Gasteiger partial charge in [-0.2, -0.15) is 0 Å². The number of hydrogen-bond donors (Lipinski definition) is 2. The highest BCUT2D eigenvalue weighted by molar-refractivity contribution is 7.18. The molecule has 0 aliphatic carbocycles. The van der Waals surface area contributed by atoms with Crippen molar-refractivity contribution in [3.05, 3.63) is 70.1 Å². The predicted molar refractivity (Wildman–Crippen MR) is 130 cm³/mol. The largest absolute Gasteiger partial charge is 0.465 e. The molecule has 4 aromatic rings. The van der Waals surface area contributed by atoms with Crippen molar-refractivity contribution in [1.82, 2.24) is 4.98 Å². The van der Waals surface area contributed by atoms with Gasteiger partial charge in [0, 0.05) is 10.9 Å². The number of amides is 2. The molecule has 0 saturated carbocycles. The lowest BCUT2D eigenvalue weighted by molar-refractivity contribution is 0.0601. The topological polar surface area (TPSA) is 130 Å². The number of hydrogen-bond acceptors (Lipinski definition) is 8. The molecule has 0 saturated heterocycles. The van der Waals surface area contributed by atoms with Gasteiger partial charge in [-0.3, -0.25) is 9.59 Å². The zero-order chi connectivity index (χ0) is 24.7. The fourth-order valence-corrected chi connectivity index (χ4v) is 4.96. The number of carbonyl (C=O) groups excluding carboxylic acids is 3. The van der Waals surface area contributed by atoms with Crippen LogP contribution >= 0.6 is 11.3 Å². The molecule has 2 aromatic heterocycles. The van der Waals surface area contributed by atoms with Crippen LogP contribution in [0.1, 0.15) is 36.0 Å². The Balaban J connectivity index is 1.60. The molecule has 9 nitrogen and oxygen atoms in total. The summed E-state index contributed by atoms with van der Waals surface area (Å²) in [5.41, 5.74) is 8.15. The summed E-state index contributed by atoms with van der Waals surface area (Å²) in [4.78, 5) is 42.6. The van der Waals surface area contributed by atoms with Crippen molar-refractivity contribution in [3.63, 3.8) is 0 Å². The van der Waals surface area contributed by atoms with Gasteiger partial charge in [0.05, 0.1) is 34.3 Å². The summed E-state index contributed by atoms with van der Waals surface area (Å²) in [5, 5.41) is 3.57. The van der Waals surface area contributed by atoms with Crippen molar-refractivity contribution in [2.45, 2.75) is 6.92 Å². The Morgan fingerprint density at radius 1 is 1.09 bits per heavy atom. The van der Waals surface area contributed by atoms with Crippen molar-refractivity contribution in [2.75, 3.05) is 19.2 Å². The number of rotatable bonds is 5. The second-order valence-electron chi connectivity index (χ2n) is 7.71. The zero-order valence-electron chi connectivity index (χ0n) is 18.7. The van der Waals surface area contributed by atoms with Gasteiger partial charge in [0.1, 0.15) is 5.00 Å². The van der Waals surface area contributed by atoms with E-state index in [2.05, 4.69) is 5.32 Å². The molecule has 1 aliphatic rings. The number of pyridine rings is 1. The van der Waals surface area contributed by atoms with Crippen LogP contribution in [0, 0.1) is 6.92 Å². The number of methoxy groups -OCH3 is 1. The molecule has 3 heterocycles. The Morgan fingerprint density at radius 2 is 1.86 bits per heavy atom. The average Bonchev–Trinajstić information content (AvgIpc) is 3.46. The number of anilines is 1. The molecule has 10 heteroatoms. The molecule has 2 aromatic carbocycles. The number of benzene rings is 2. The number of nitrogens with two attached hydrogens (primary N) is 1. The normalized spacial score (nSPS) is 11.9. The fourth-order valence-electron chi connectivity index (χ4n) is 3.92. The molecular formula is C25H19N3O6S. The quantitative estimate of drug-likeness (QED) is 0.403. The summed E-state index contributed by atoms with van der Waals surface area (Å²) < 4.78 is 15.7. The summed E-state index contributed by atoms with van der Waals surface area (Å²) in [6.07, 6.45) is 0. The van der Waals surface area contributed by atoms with E-state index in [0.29, 0.717) is 39.2 Å². The van der Waals surface area contributed by atoms with Crippen LogP contribution in [-0.4, -0.2) is 36.7 Å². The van der Waals surface area contributed by atoms with E-state index in [1.54, 1.807) is 37.3 Å². The van der Waals surface area contributed by atoms with Gasteiger partial charge in [-0.25, -0.2) is 9.78 Å². The number of para-hydroxylation sites is 1. The number of nitrogens with zero attached hydrogens (tertiary/aromatic N) is 1. The molecule has 0 bridgehead atoms. The summed E-state index contributed by atoms with van der Waals surface area (Å²) in [7, 11) is 1.23. The van der Waals surface area contributed by atoms with Gasteiger partial charge in [-0.1, -0.05) is 18.2 Å². The van der Waals surface area contributed by atoms with E-state index >= 15 is 0 Å². The monoisotopic (exact) mass is 489 g/mol. The maximum Gasteiger partial charge on any atom is 0.341 e. The second kappa shape index (κ2) is 8.73. The Kier molecular flexibility index (Phi) is 5.58. The van der Waals surface area contributed by atoms with Crippen LogP contribution in [0.15, 0.2) is 48.5 Å². The van der Waals surface area contributed by atoms with E-state index in [4.69, 9.17) is 24.9 Å². The third-order valence-corrected chi connectivity index (χ3v) is 6.84. The second-order valence-corrected chi connectivity index (χ2v) is 8.73. The van der Waals surface area contributed by atoms with Gasteiger partial charge < -0.3 is 25.3 Å². The van der Waals surface area contributed by atoms with Crippen LogP contribution in [-0.2, 0) is 4.74 Å². The smallest absolute Gasteiger partial charge is 0.341 e. The molecular weight excluding hydrogens is 470 g/mol. The molecule has 2 amide bonds. The Labute approximate surface area is 203 Å². The minimum absolute atomic E-state index is 0.0917. The summed E-state index contributed by atoms with van der Waals surface area (Å²) in [6, 6.07) is 14.3. The van der Waals surface area contributed by atoms with Gasteiger partial charge in [0.15, 0.2) is 11.5 Å². The lowest BCUT2D eigenvalue weighted by atomic mass is 10.0. The van der Waals surface area contributed by atoms with Crippen molar-refractivity contribution in [2.24, 2.45) is 5.73 Å². The van der Waals surface area contributed by atoms with Gasteiger partial charge >= 0.3 is 5.97 Å². The van der Waals surface area contributed by atoms with E-state index in [1.165, 1.54) is 7.11 Å². The van der Waals surface area contributed by atoms with E-state index in [9.17, 15) is 14.4 Å². The molecule has 176 valence electrons. The SMILES string of the molecule is COC(=O)c1c(NC(=O)c2cc(-c3ccc4c(c3)OCO4)nc3ccccc23)sc(C(N)=O)c1C. The van der Waals surface area contributed by atoms with Crippen LogP contribution in [0.3, 0.4) is 0 Å². The summed E-state index contributed by atoms with van der Waals surface area (Å²) in [6.45, 7) is 1.73. The summed E-state index contributed by atoms with van der Waals surface area (Å²) >= 11 is 0.927. The van der Waals surface area contributed by atoms with Crippen LogP contribution in [0.2, 0.25) is 0 Å². The number of esters is 1. The van der Waals surface area contributed by atoms with Crippen LogP contribution < -0.4 is 20.5 Å². The van der Waals surface area contributed by atoms with Crippen molar-refractivity contribution in [1.29, 1.82) is 0 Å². The van der Waals surface area contributed by atoms with Crippen LogP contribution in [0.4, 0.5) is 5.00 Å². The highest BCUT2D eigenvalue weighted by Gasteiger charge is 2.26. The Hall–Kier alpha value is -4.44. The van der Waals surface area contributed by atoms with Gasteiger partial charge in [0.25, 0.3) is 11.8 Å². The minimum Gasteiger partial charge on any atom is -0.465 e. The van der Waals surface area contributed by atoms with Gasteiger partial charge in [-0.15, -0.1) is 11.3 Å². The van der Waals surface area contributed by atoms with Gasteiger partial charge in [0.2, 0.25) is 6.79 Å². The fraction of sp³-hybridized carbons (Fsp3) is 0.120. The third kappa shape index (κ3) is 3.93. The first-order valence-electron chi connectivity index (χ1n) is 10.5. The average molecular weight is 490 g/mol. The maximum absolute atomic E-state index is 13.5. The number of nitrogens with one attached hydrogen (secondary N) is 1. The highest BCUT2D eigenvalue weighted by atomic mass is 32.1. The van der Waals surface area contributed by atoms with Crippen LogP contribution in [0.25, 0.3) is 22.2 Å². The Bertz CT molecular complexity index is 1530. The van der Waals surface area contributed by atoms with Crippen molar-refractivity contribution < 1.29 is 28.6 Å². The maximum atomic E-state index is 13.5. The van der Waals surface area contributed by atoms with Crippen molar-refractivity contribution >= 4 is 45.0 Å². The van der Waals surface area contributed by atoms with E-state index in [1.807, 2.05) is 18.2 Å². The molecule has 0 fully saturated rings. The molecule has 0 spiro atoms. The predicted octanol–water partition coefficient (Wildman–Crippen LogP) is 4.14. The molecule has 35 heavy (non-hydrogen) atoms. The first-order valence-corrected chi connectivity index (χ1v) is 11.3. The van der Waals surface area contributed by atoms with Crippen LogP contribution in [0.5, 0.6) is 11.5 Å². The number of thiophene rings is 1. The van der Waals surface area contributed by atoms with E-state index in [-0.39, 0.29) is 22.2 Å². The highest BCUT2D eigenvalue weighted by Crippen LogP contribution is 2.37. The minimum atomic E-state index is -0.697. The van der Waals surface area contributed by atoms with Crippen molar-refractivity contribution in [3.8, 4) is 22.8 Å². The van der Waals surface area contributed by atoms with E-state index < -0.39 is 17.8 Å². The standard InChI is InChI=1S/C25H19N3O6S/c1-12-20(25(31)32-2)24(35-21(12)22(26)29)28-23(30)15-10-17(27-16-6-4-3-5-14(15)16)13-7-8-18-19(9-13)34-11-33-18/h3-10H,11H2,1-2H3,(H2,26,29)(H,28,30). The molecule has 0 radical (unpaired) electrons. The first kappa shape index (κ1) is 22.4.